The minimum absolute atomic E-state index is 0.00173. The first kappa shape index (κ1) is 18.9. The van der Waals surface area contributed by atoms with Crippen molar-refractivity contribution in [3.63, 3.8) is 0 Å². The molecular weight excluding hydrogens is 362 g/mol. The van der Waals surface area contributed by atoms with Gasteiger partial charge in [-0.15, -0.1) is 20.4 Å². The second-order valence-corrected chi connectivity index (χ2v) is 6.43. The minimum atomic E-state index is -0.516. The number of pyridine rings is 1. The summed E-state index contributed by atoms with van der Waals surface area (Å²) in [5.41, 5.74) is -0.244. The number of nitrogens with zero attached hydrogens (tertiary/aromatic N) is 7. The molecule has 0 aliphatic rings. The molecule has 11 heteroatoms. The predicted octanol–water partition coefficient (Wildman–Crippen LogP) is 2.39. The summed E-state index contributed by atoms with van der Waals surface area (Å²) in [5.74, 6) is 0.311. The molecule has 0 aromatic carbocycles. The first-order chi connectivity index (χ1) is 11.9. The van der Waals surface area contributed by atoms with E-state index in [2.05, 4.69) is 33.1 Å². The van der Waals surface area contributed by atoms with Crippen molar-refractivity contribution in [2.75, 3.05) is 24.2 Å². The number of nitriles is 1. The molecule has 0 aliphatic heterocycles. The fourth-order valence-electron chi connectivity index (χ4n) is 2.09. The lowest BCUT2D eigenvalue weighted by Crippen LogP contribution is -2.20. The first-order valence-corrected chi connectivity index (χ1v) is 8.83. The van der Waals surface area contributed by atoms with Gasteiger partial charge < -0.3 is 10.0 Å². The molecule has 132 valence electrons. The van der Waals surface area contributed by atoms with E-state index in [-0.39, 0.29) is 34.4 Å². The monoisotopic (exact) mass is 379 g/mol. The summed E-state index contributed by atoms with van der Waals surface area (Å²) >= 11 is 5.38. The number of anilines is 1. The van der Waals surface area contributed by atoms with Crippen LogP contribution in [0.25, 0.3) is 0 Å². The Hall–Kier alpha value is -2.45. The molecule has 1 N–H and O–H groups in total. The normalized spacial score (nSPS) is 11.0. The van der Waals surface area contributed by atoms with Crippen LogP contribution >= 0.6 is 24.0 Å². The van der Waals surface area contributed by atoms with Crippen molar-refractivity contribution in [2.24, 2.45) is 10.2 Å². The number of hydrogen-bond acceptors (Lipinski definition) is 10. The van der Waals surface area contributed by atoms with E-state index in [1.807, 2.05) is 18.0 Å². The summed E-state index contributed by atoms with van der Waals surface area (Å²) in [6, 6.07) is 1.89. The van der Waals surface area contributed by atoms with E-state index in [1.165, 1.54) is 11.3 Å². The van der Waals surface area contributed by atoms with E-state index < -0.39 is 5.56 Å². The van der Waals surface area contributed by atoms with Gasteiger partial charge in [0.2, 0.25) is 11.0 Å². The SMILES string of the molecule is CCn1c(O)c(C#N)c(C)c(N=Nc2nnc(N(C)CCS)s2)c1=O. The summed E-state index contributed by atoms with van der Waals surface area (Å²) in [5, 5.41) is 36.0. The lowest BCUT2D eigenvalue weighted by Gasteiger charge is -2.11. The molecule has 0 aliphatic carbocycles. The van der Waals surface area contributed by atoms with E-state index in [1.54, 1.807) is 13.8 Å². The molecule has 0 spiro atoms. The standard InChI is InChI=1S/C14H17N7O2S2/c1-4-21-11(22)9(7-15)8(2)10(12(21)23)16-17-13-18-19-14(25-13)20(3)5-6-24/h22,24H,4-6H2,1-3H3. The Kier molecular flexibility index (Phi) is 6.11. The Morgan fingerprint density at radius 2 is 2.16 bits per heavy atom. The summed E-state index contributed by atoms with van der Waals surface area (Å²) in [6.07, 6.45) is 0. The van der Waals surface area contributed by atoms with Gasteiger partial charge in [-0.3, -0.25) is 9.36 Å². The maximum Gasteiger partial charge on any atom is 0.281 e. The number of azo groups is 1. The second kappa shape index (κ2) is 8.09. The van der Waals surface area contributed by atoms with E-state index in [4.69, 9.17) is 0 Å². The molecule has 2 aromatic heterocycles. The highest BCUT2D eigenvalue weighted by molar-refractivity contribution is 7.80. The van der Waals surface area contributed by atoms with Crippen LogP contribution in [0.1, 0.15) is 18.1 Å². The van der Waals surface area contributed by atoms with Crippen molar-refractivity contribution >= 4 is 39.9 Å². The summed E-state index contributed by atoms with van der Waals surface area (Å²) in [7, 11) is 1.86. The third-order valence-corrected chi connectivity index (χ3v) is 4.61. The predicted molar refractivity (Wildman–Crippen MR) is 98.7 cm³/mol. The lowest BCUT2D eigenvalue weighted by atomic mass is 10.1. The van der Waals surface area contributed by atoms with Crippen molar-refractivity contribution in [1.29, 1.82) is 5.26 Å². The Balaban J connectivity index is 2.42. The van der Waals surface area contributed by atoms with Crippen LogP contribution in [0.5, 0.6) is 5.88 Å². The van der Waals surface area contributed by atoms with Gasteiger partial charge in [0.05, 0.1) is 0 Å². The number of hydrogen-bond donors (Lipinski definition) is 2. The number of thiol groups is 1. The number of rotatable bonds is 6. The molecule has 0 atom stereocenters. The summed E-state index contributed by atoms with van der Waals surface area (Å²) < 4.78 is 1.08. The zero-order valence-corrected chi connectivity index (χ0v) is 15.7. The fourth-order valence-corrected chi connectivity index (χ4v) is 3.05. The quantitative estimate of drug-likeness (QED) is 0.587. The molecule has 25 heavy (non-hydrogen) atoms. The number of aromatic nitrogens is 3. The molecule has 2 aromatic rings. The van der Waals surface area contributed by atoms with Crippen LogP contribution in [0.2, 0.25) is 0 Å². The zero-order valence-electron chi connectivity index (χ0n) is 14.0. The van der Waals surface area contributed by atoms with Crippen molar-refractivity contribution < 1.29 is 5.11 Å². The summed E-state index contributed by atoms with van der Waals surface area (Å²) in [6.45, 7) is 4.14. The summed E-state index contributed by atoms with van der Waals surface area (Å²) in [4.78, 5) is 14.3. The molecule has 0 bridgehead atoms. The molecule has 2 heterocycles. The molecule has 9 nitrogen and oxygen atoms in total. The highest BCUT2D eigenvalue weighted by Crippen LogP contribution is 2.29. The fraction of sp³-hybridized carbons (Fsp3) is 0.429. The Morgan fingerprint density at radius 3 is 2.76 bits per heavy atom. The van der Waals surface area contributed by atoms with Crippen molar-refractivity contribution in [2.45, 2.75) is 20.4 Å². The van der Waals surface area contributed by atoms with Gasteiger partial charge in [0.1, 0.15) is 11.6 Å². The highest BCUT2D eigenvalue weighted by Gasteiger charge is 2.18. The van der Waals surface area contributed by atoms with Gasteiger partial charge in [-0.05, 0) is 13.8 Å². The molecule has 0 unspecified atom stereocenters. The van der Waals surface area contributed by atoms with Gasteiger partial charge >= 0.3 is 0 Å². The van der Waals surface area contributed by atoms with E-state index in [9.17, 15) is 15.2 Å². The molecule has 0 saturated carbocycles. The minimum Gasteiger partial charge on any atom is -0.493 e. The van der Waals surface area contributed by atoms with Crippen LogP contribution in [0.15, 0.2) is 15.0 Å². The first-order valence-electron chi connectivity index (χ1n) is 7.38. The van der Waals surface area contributed by atoms with Gasteiger partial charge in [0.15, 0.2) is 5.69 Å². The van der Waals surface area contributed by atoms with Crippen molar-refractivity contribution in [1.82, 2.24) is 14.8 Å². The average molecular weight is 379 g/mol. The molecule has 0 saturated heterocycles. The third kappa shape index (κ3) is 3.80. The maximum atomic E-state index is 12.4. The third-order valence-electron chi connectivity index (χ3n) is 3.49. The van der Waals surface area contributed by atoms with Crippen LogP contribution in [0.4, 0.5) is 16.0 Å². The van der Waals surface area contributed by atoms with Gasteiger partial charge in [0, 0.05) is 31.5 Å². The zero-order chi connectivity index (χ0) is 18.6. The second-order valence-electron chi connectivity index (χ2n) is 5.05. The van der Waals surface area contributed by atoms with Crippen LogP contribution in [-0.2, 0) is 6.54 Å². The molecule has 0 radical (unpaired) electrons. The van der Waals surface area contributed by atoms with Crippen LogP contribution < -0.4 is 10.5 Å². The molecular formula is C14H17N7O2S2. The highest BCUT2D eigenvalue weighted by atomic mass is 32.1. The van der Waals surface area contributed by atoms with Crippen LogP contribution in [0.3, 0.4) is 0 Å². The van der Waals surface area contributed by atoms with E-state index >= 15 is 0 Å². The Morgan fingerprint density at radius 1 is 1.44 bits per heavy atom. The number of aromatic hydroxyl groups is 1. The molecule has 0 amide bonds. The van der Waals surface area contributed by atoms with Gasteiger partial charge in [-0.1, -0.05) is 11.3 Å². The average Bonchev–Trinajstić information content (AvgIpc) is 3.05. The van der Waals surface area contributed by atoms with Gasteiger partial charge in [0.25, 0.3) is 10.7 Å². The lowest BCUT2D eigenvalue weighted by molar-refractivity contribution is 0.409. The van der Waals surface area contributed by atoms with Crippen molar-refractivity contribution in [3.8, 4) is 11.9 Å². The Bertz CT molecular complexity index is 898. The van der Waals surface area contributed by atoms with E-state index in [0.717, 1.165) is 4.57 Å². The van der Waals surface area contributed by atoms with Gasteiger partial charge in [-0.25, -0.2) is 0 Å². The molecule has 0 fully saturated rings. The van der Waals surface area contributed by atoms with Crippen molar-refractivity contribution in [3.05, 3.63) is 21.5 Å². The maximum absolute atomic E-state index is 12.4. The smallest absolute Gasteiger partial charge is 0.281 e. The molecule has 2 rings (SSSR count). The van der Waals surface area contributed by atoms with Crippen LogP contribution in [0, 0.1) is 18.3 Å². The largest absolute Gasteiger partial charge is 0.493 e. The van der Waals surface area contributed by atoms with E-state index in [0.29, 0.717) is 17.4 Å². The van der Waals surface area contributed by atoms with Gasteiger partial charge in [-0.2, -0.15) is 17.9 Å². The Labute approximate surface area is 153 Å². The topological polar surface area (TPSA) is 120 Å². The van der Waals surface area contributed by atoms with Crippen LogP contribution in [-0.4, -0.2) is 39.2 Å².